The van der Waals surface area contributed by atoms with Gasteiger partial charge in [0.25, 0.3) is 0 Å². The van der Waals surface area contributed by atoms with Crippen molar-refractivity contribution in [2.45, 2.75) is 29.6 Å². The number of hydrogen-bond donors (Lipinski definition) is 1. The minimum absolute atomic E-state index is 0.218. The second-order valence-corrected chi connectivity index (χ2v) is 5.59. The van der Waals surface area contributed by atoms with Crippen LogP contribution in [0.4, 0.5) is 0 Å². The van der Waals surface area contributed by atoms with E-state index < -0.39 is 22.3 Å². The molecule has 1 saturated heterocycles. The Morgan fingerprint density at radius 2 is 2.00 bits per heavy atom. The summed E-state index contributed by atoms with van der Waals surface area (Å²) in [4.78, 5) is 24.1. The van der Waals surface area contributed by atoms with Gasteiger partial charge >= 0.3 is 5.97 Å². The Labute approximate surface area is 97.1 Å². The Morgan fingerprint density at radius 1 is 1.40 bits per heavy atom. The van der Waals surface area contributed by atoms with Crippen molar-refractivity contribution in [3.8, 4) is 0 Å². The standard InChI is InChI=1S/C9H11Cl2NO3/c10-9(11)4-5(9)7(13)12-3-1-2-6(12)8(14)15/h5-6H,1-4H2,(H,14,15)/t5-,6+/m1/s1. The highest BCUT2D eigenvalue weighted by molar-refractivity contribution is 6.52. The smallest absolute Gasteiger partial charge is 0.326 e. The van der Waals surface area contributed by atoms with Crippen molar-refractivity contribution in [3.63, 3.8) is 0 Å². The lowest BCUT2D eigenvalue weighted by Crippen LogP contribution is -2.41. The van der Waals surface area contributed by atoms with Crippen LogP contribution in [0.3, 0.4) is 0 Å². The second kappa shape index (κ2) is 3.52. The first kappa shape index (κ1) is 11.0. The number of carboxylic acids is 1. The van der Waals surface area contributed by atoms with E-state index in [1.807, 2.05) is 0 Å². The first-order valence-corrected chi connectivity index (χ1v) is 5.60. The van der Waals surface area contributed by atoms with Crippen molar-refractivity contribution in [2.24, 2.45) is 5.92 Å². The van der Waals surface area contributed by atoms with Crippen LogP contribution in [-0.2, 0) is 9.59 Å². The molecule has 0 aromatic rings. The van der Waals surface area contributed by atoms with Gasteiger partial charge in [0.15, 0.2) is 0 Å². The van der Waals surface area contributed by atoms with Crippen LogP contribution in [0.5, 0.6) is 0 Å². The fourth-order valence-electron chi connectivity index (χ4n) is 1.97. The van der Waals surface area contributed by atoms with Crippen LogP contribution in [0.25, 0.3) is 0 Å². The number of carboxylic acid groups (broad SMARTS) is 1. The summed E-state index contributed by atoms with van der Waals surface area (Å²) >= 11 is 11.6. The average molecular weight is 252 g/mol. The molecule has 0 unspecified atom stereocenters. The van der Waals surface area contributed by atoms with Crippen molar-refractivity contribution in [1.82, 2.24) is 4.90 Å². The molecule has 2 atom stereocenters. The minimum atomic E-state index is -0.970. The third-order valence-corrected chi connectivity index (χ3v) is 3.78. The first-order chi connectivity index (χ1) is 6.93. The fraction of sp³-hybridized carbons (Fsp3) is 0.778. The van der Waals surface area contributed by atoms with Gasteiger partial charge in [-0.3, -0.25) is 4.79 Å². The summed E-state index contributed by atoms with van der Waals surface area (Å²) < 4.78 is -0.970. The molecule has 1 aliphatic heterocycles. The predicted octanol–water partition coefficient (Wildman–Crippen LogP) is 1.26. The molecular weight excluding hydrogens is 241 g/mol. The molecule has 2 aliphatic rings. The summed E-state index contributed by atoms with van der Waals surface area (Å²) in [5, 5.41) is 8.90. The monoisotopic (exact) mass is 251 g/mol. The van der Waals surface area contributed by atoms with Gasteiger partial charge in [0.1, 0.15) is 10.4 Å². The van der Waals surface area contributed by atoms with Crippen LogP contribution in [0.1, 0.15) is 19.3 Å². The molecule has 1 amide bonds. The number of likely N-dealkylation sites (tertiary alicyclic amines) is 1. The van der Waals surface area contributed by atoms with Crippen LogP contribution >= 0.6 is 23.2 Å². The number of halogens is 2. The predicted molar refractivity (Wildman–Crippen MR) is 54.9 cm³/mol. The van der Waals surface area contributed by atoms with Gasteiger partial charge in [-0.15, -0.1) is 23.2 Å². The van der Waals surface area contributed by atoms with Crippen LogP contribution in [0.15, 0.2) is 0 Å². The van der Waals surface area contributed by atoms with Gasteiger partial charge in [-0.2, -0.15) is 0 Å². The normalized spacial score (nSPS) is 32.8. The molecule has 1 N–H and O–H groups in total. The highest BCUT2D eigenvalue weighted by Crippen LogP contribution is 2.54. The summed E-state index contributed by atoms with van der Waals surface area (Å²) in [5.74, 6) is -1.58. The summed E-state index contributed by atoms with van der Waals surface area (Å²) in [6, 6.07) is -0.692. The third kappa shape index (κ3) is 1.93. The molecule has 1 saturated carbocycles. The Kier molecular flexibility index (Phi) is 2.59. The molecule has 0 radical (unpaired) electrons. The number of carbonyl (C=O) groups is 2. The summed E-state index contributed by atoms with van der Waals surface area (Å²) in [6.07, 6.45) is 1.68. The largest absolute Gasteiger partial charge is 0.480 e. The van der Waals surface area contributed by atoms with E-state index in [4.69, 9.17) is 28.3 Å². The zero-order valence-electron chi connectivity index (χ0n) is 7.95. The van der Waals surface area contributed by atoms with E-state index in [0.717, 1.165) is 6.42 Å². The molecule has 2 rings (SSSR count). The van der Waals surface area contributed by atoms with Gasteiger partial charge in [-0.1, -0.05) is 0 Å². The van der Waals surface area contributed by atoms with E-state index >= 15 is 0 Å². The lowest BCUT2D eigenvalue weighted by atomic mass is 10.2. The fourth-order valence-corrected chi connectivity index (χ4v) is 2.46. The van der Waals surface area contributed by atoms with Crippen molar-refractivity contribution >= 4 is 35.1 Å². The van der Waals surface area contributed by atoms with Gasteiger partial charge in [-0.05, 0) is 19.3 Å². The van der Waals surface area contributed by atoms with Crippen molar-refractivity contribution < 1.29 is 14.7 Å². The first-order valence-electron chi connectivity index (χ1n) is 4.84. The highest BCUT2D eigenvalue weighted by atomic mass is 35.5. The number of nitrogens with zero attached hydrogens (tertiary/aromatic N) is 1. The van der Waals surface area contributed by atoms with Gasteiger partial charge in [-0.25, -0.2) is 4.79 Å². The summed E-state index contributed by atoms with van der Waals surface area (Å²) in [7, 11) is 0. The molecule has 84 valence electrons. The van der Waals surface area contributed by atoms with Crippen molar-refractivity contribution in [3.05, 3.63) is 0 Å². The molecule has 15 heavy (non-hydrogen) atoms. The molecule has 0 aromatic carbocycles. The quantitative estimate of drug-likeness (QED) is 0.752. The van der Waals surface area contributed by atoms with Crippen LogP contribution < -0.4 is 0 Å². The van der Waals surface area contributed by atoms with Crippen LogP contribution in [-0.4, -0.2) is 38.8 Å². The van der Waals surface area contributed by atoms with Gasteiger partial charge in [0.2, 0.25) is 5.91 Å². The topological polar surface area (TPSA) is 57.6 Å². The lowest BCUT2D eigenvalue weighted by molar-refractivity contribution is -0.148. The van der Waals surface area contributed by atoms with E-state index in [-0.39, 0.29) is 5.91 Å². The zero-order valence-corrected chi connectivity index (χ0v) is 9.46. The zero-order chi connectivity index (χ0) is 11.2. The Balaban J connectivity index is 2.04. The van der Waals surface area contributed by atoms with Crippen LogP contribution in [0.2, 0.25) is 0 Å². The van der Waals surface area contributed by atoms with Gasteiger partial charge in [0.05, 0.1) is 5.92 Å². The number of hydrogen-bond acceptors (Lipinski definition) is 2. The van der Waals surface area contributed by atoms with Crippen LogP contribution in [0, 0.1) is 5.92 Å². The van der Waals surface area contributed by atoms with E-state index in [2.05, 4.69) is 0 Å². The highest BCUT2D eigenvalue weighted by Gasteiger charge is 2.58. The van der Waals surface area contributed by atoms with E-state index in [0.29, 0.717) is 19.4 Å². The number of amides is 1. The molecule has 1 aliphatic carbocycles. The molecule has 1 heterocycles. The summed E-state index contributed by atoms with van der Waals surface area (Å²) in [5.41, 5.74) is 0. The Bertz CT molecular complexity index is 318. The molecule has 0 aromatic heterocycles. The van der Waals surface area contributed by atoms with E-state index in [9.17, 15) is 9.59 Å². The molecule has 0 bridgehead atoms. The maximum Gasteiger partial charge on any atom is 0.326 e. The minimum Gasteiger partial charge on any atom is -0.480 e. The Hall–Kier alpha value is -0.480. The maximum atomic E-state index is 11.8. The maximum absolute atomic E-state index is 11.8. The lowest BCUT2D eigenvalue weighted by Gasteiger charge is -2.21. The molecule has 0 spiro atoms. The molecule has 2 fully saturated rings. The molecular formula is C9H11Cl2NO3. The summed E-state index contributed by atoms with van der Waals surface area (Å²) in [6.45, 7) is 0.496. The number of aliphatic carboxylic acids is 1. The molecule has 4 nitrogen and oxygen atoms in total. The SMILES string of the molecule is O=C(O)[C@@H]1CCCN1C(=O)[C@H]1CC1(Cl)Cl. The van der Waals surface area contributed by atoms with Crippen molar-refractivity contribution in [1.29, 1.82) is 0 Å². The molecule has 6 heteroatoms. The van der Waals surface area contributed by atoms with E-state index in [1.54, 1.807) is 0 Å². The third-order valence-electron chi connectivity index (χ3n) is 2.94. The number of carbonyl (C=O) groups excluding carboxylic acids is 1. The number of alkyl halides is 2. The van der Waals surface area contributed by atoms with Crippen molar-refractivity contribution in [2.75, 3.05) is 6.54 Å². The average Bonchev–Trinajstić information content (AvgIpc) is 2.65. The Morgan fingerprint density at radius 3 is 2.47 bits per heavy atom. The second-order valence-electron chi connectivity index (χ2n) is 4.05. The number of rotatable bonds is 2. The van der Waals surface area contributed by atoms with E-state index in [1.165, 1.54) is 4.90 Å². The van der Waals surface area contributed by atoms with Gasteiger partial charge in [0, 0.05) is 6.54 Å². The van der Waals surface area contributed by atoms with Gasteiger partial charge < -0.3 is 10.0 Å².